The summed E-state index contributed by atoms with van der Waals surface area (Å²) in [4.78, 5) is 0. The third-order valence-corrected chi connectivity index (χ3v) is 1.51. The van der Waals surface area contributed by atoms with Crippen LogP contribution in [-0.4, -0.2) is 0 Å². The maximum absolute atomic E-state index is 5.59. The van der Waals surface area contributed by atoms with Gasteiger partial charge in [0, 0.05) is 5.56 Å². The van der Waals surface area contributed by atoms with Gasteiger partial charge in [0.05, 0.1) is 5.70 Å². The highest BCUT2D eigenvalue weighted by atomic mass is 14.5. The Morgan fingerprint density at radius 2 is 1.93 bits per heavy atom. The standard InChI is InChI=1S/C12H12N2/c13-10-4-7-12(14)9-8-11-5-2-1-3-6-11/h1-7,10H,13-14H2/b10-4-,12-7-. The average Bonchev–Trinajstić information content (AvgIpc) is 2.25. The monoisotopic (exact) mass is 184 g/mol. The molecule has 14 heavy (non-hydrogen) atoms. The van der Waals surface area contributed by atoms with Gasteiger partial charge in [0.1, 0.15) is 0 Å². The van der Waals surface area contributed by atoms with E-state index in [1.54, 1.807) is 12.2 Å². The molecule has 1 rings (SSSR count). The first kappa shape index (κ1) is 9.94. The molecule has 2 nitrogen and oxygen atoms in total. The lowest BCUT2D eigenvalue weighted by atomic mass is 10.2. The molecule has 0 amide bonds. The average molecular weight is 184 g/mol. The molecule has 0 saturated carbocycles. The largest absolute Gasteiger partial charge is 0.405 e. The number of nitrogens with two attached hydrogens (primary N) is 2. The molecule has 0 unspecified atom stereocenters. The molecule has 0 aromatic heterocycles. The van der Waals surface area contributed by atoms with Crippen LogP contribution >= 0.6 is 0 Å². The summed E-state index contributed by atoms with van der Waals surface area (Å²) in [6.07, 6.45) is 4.72. The number of hydrogen-bond donors (Lipinski definition) is 2. The molecule has 0 fully saturated rings. The summed E-state index contributed by atoms with van der Waals surface area (Å²) >= 11 is 0. The van der Waals surface area contributed by atoms with Gasteiger partial charge in [-0.25, -0.2) is 0 Å². The molecule has 4 N–H and O–H groups in total. The van der Waals surface area contributed by atoms with E-state index in [9.17, 15) is 0 Å². The molecule has 0 atom stereocenters. The second-order valence-electron chi connectivity index (χ2n) is 2.62. The molecule has 0 spiro atoms. The fourth-order valence-corrected chi connectivity index (χ4v) is 0.867. The van der Waals surface area contributed by atoms with Crippen LogP contribution in [0.3, 0.4) is 0 Å². The molecule has 0 bridgehead atoms. The Morgan fingerprint density at radius 1 is 1.21 bits per heavy atom. The Hall–Kier alpha value is -2.14. The van der Waals surface area contributed by atoms with E-state index < -0.39 is 0 Å². The van der Waals surface area contributed by atoms with Gasteiger partial charge in [0.25, 0.3) is 0 Å². The summed E-state index contributed by atoms with van der Waals surface area (Å²) in [5, 5.41) is 0. The summed E-state index contributed by atoms with van der Waals surface area (Å²) in [6.45, 7) is 0. The van der Waals surface area contributed by atoms with Gasteiger partial charge in [-0.3, -0.25) is 0 Å². The number of benzene rings is 1. The Kier molecular flexibility index (Phi) is 3.90. The van der Waals surface area contributed by atoms with Crippen molar-refractivity contribution >= 4 is 0 Å². The minimum Gasteiger partial charge on any atom is -0.405 e. The molecule has 0 aliphatic rings. The van der Waals surface area contributed by atoms with Crippen molar-refractivity contribution < 1.29 is 0 Å². The number of hydrogen-bond acceptors (Lipinski definition) is 2. The van der Waals surface area contributed by atoms with E-state index in [1.165, 1.54) is 6.20 Å². The number of allylic oxidation sites excluding steroid dienone is 3. The third-order valence-electron chi connectivity index (χ3n) is 1.51. The molecule has 2 heteroatoms. The quantitative estimate of drug-likeness (QED) is 0.511. The first-order valence-electron chi connectivity index (χ1n) is 4.24. The van der Waals surface area contributed by atoms with Crippen LogP contribution in [0.5, 0.6) is 0 Å². The van der Waals surface area contributed by atoms with E-state index in [4.69, 9.17) is 11.5 Å². The van der Waals surface area contributed by atoms with Gasteiger partial charge in [-0.05, 0) is 36.4 Å². The van der Waals surface area contributed by atoms with Gasteiger partial charge in [-0.1, -0.05) is 24.1 Å². The fourth-order valence-electron chi connectivity index (χ4n) is 0.867. The SMILES string of the molecule is N/C=C\C=C(/N)C#Cc1ccccc1. The molecule has 70 valence electrons. The summed E-state index contributed by atoms with van der Waals surface area (Å²) in [7, 11) is 0. The van der Waals surface area contributed by atoms with Crippen molar-refractivity contribution in [3.8, 4) is 11.8 Å². The second-order valence-corrected chi connectivity index (χ2v) is 2.62. The van der Waals surface area contributed by atoms with Crippen LogP contribution in [0, 0.1) is 11.8 Å². The maximum Gasteiger partial charge on any atom is 0.0831 e. The van der Waals surface area contributed by atoms with E-state index in [1.807, 2.05) is 30.3 Å². The minimum absolute atomic E-state index is 0.496. The van der Waals surface area contributed by atoms with Gasteiger partial charge in [0.2, 0.25) is 0 Å². The molecule has 0 aliphatic heterocycles. The predicted octanol–water partition coefficient (Wildman–Crippen LogP) is 1.35. The van der Waals surface area contributed by atoms with Crippen LogP contribution in [0.1, 0.15) is 5.56 Å². The zero-order valence-electron chi connectivity index (χ0n) is 7.77. The molecule has 1 aromatic rings. The molecule has 1 aromatic carbocycles. The van der Waals surface area contributed by atoms with Crippen molar-refractivity contribution in [1.29, 1.82) is 0 Å². The van der Waals surface area contributed by atoms with Gasteiger partial charge in [-0.2, -0.15) is 0 Å². The molecule has 0 aliphatic carbocycles. The van der Waals surface area contributed by atoms with Crippen molar-refractivity contribution in [3.63, 3.8) is 0 Å². The second kappa shape index (κ2) is 5.50. The van der Waals surface area contributed by atoms with E-state index in [-0.39, 0.29) is 0 Å². The van der Waals surface area contributed by atoms with Crippen LogP contribution in [0.4, 0.5) is 0 Å². The van der Waals surface area contributed by atoms with Crippen molar-refractivity contribution in [2.24, 2.45) is 11.5 Å². The van der Waals surface area contributed by atoms with Crippen LogP contribution in [-0.2, 0) is 0 Å². The predicted molar refractivity (Wildman–Crippen MR) is 58.9 cm³/mol. The third kappa shape index (κ3) is 3.51. The first-order valence-corrected chi connectivity index (χ1v) is 4.24. The van der Waals surface area contributed by atoms with E-state index in [2.05, 4.69) is 11.8 Å². The number of rotatable bonds is 1. The maximum atomic E-state index is 5.59. The smallest absolute Gasteiger partial charge is 0.0831 e. The lowest BCUT2D eigenvalue weighted by Crippen LogP contribution is -1.92. The Balaban J connectivity index is 2.74. The molecular weight excluding hydrogens is 172 g/mol. The molecule has 0 saturated heterocycles. The first-order chi connectivity index (χ1) is 6.83. The van der Waals surface area contributed by atoms with Crippen molar-refractivity contribution in [3.05, 3.63) is 59.9 Å². The zero-order valence-corrected chi connectivity index (χ0v) is 7.77. The molecule has 0 radical (unpaired) electrons. The van der Waals surface area contributed by atoms with Crippen LogP contribution in [0.2, 0.25) is 0 Å². The van der Waals surface area contributed by atoms with E-state index in [0.717, 1.165) is 5.56 Å². The van der Waals surface area contributed by atoms with E-state index in [0.29, 0.717) is 5.70 Å². The molecule has 0 heterocycles. The summed E-state index contributed by atoms with van der Waals surface area (Å²) in [6, 6.07) is 9.67. The van der Waals surface area contributed by atoms with Gasteiger partial charge in [-0.15, -0.1) is 0 Å². The normalized spacial score (nSPS) is 11.0. The fraction of sp³-hybridized carbons (Fsp3) is 0. The highest BCUT2D eigenvalue weighted by Crippen LogP contribution is 1.95. The van der Waals surface area contributed by atoms with Crippen molar-refractivity contribution in [2.45, 2.75) is 0 Å². The Labute approximate surface area is 83.9 Å². The van der Waals surface area contributed by atoms with Gasteiger partial charge in [0.15, 0.2) is 0 Å². The minimum atomic E-state index is 0.496. The topological polar surface area (TPSA) is 52.0 Å². The summed E-state index contributed by atoms with van der Waals surface area (Å²) < 4.78 is 0. The molecular formula is C12H12N2. The van der Waals surface area contributed by atoms with Crippen molar-refractivity contribution in [2.75, 3.05) is 0 Å². The lowest BCUT2D eigenvalue weighted by molar-refractivity contribution is 1.46. The van der Waals surface area contributed by atoms with Crippen LogP contribution in [0.25, 0.3) is 0 Å². The Morgan fingerprint density at radius 3 is 2.57 bits per heavy atom. The van der Waals surface area contributed by atoms with Crippen molar-refractivity contribution in [1.82, 2.24) is 0 Å². The van der Waals surface area contributed by atoms with Gasteiger partial charge < -0.3 is 11.5 Å². The summed E-state index contributed by atoms with van der Waals surface area (Å²) in [5.74, 6) is 5.75. The van der Waals surface area contributed by atoms with Crippen LogP contribution < -0.4 is 11.5 Å². The van der Waals surface area contributed by atoms with E-state index >= 15 is 0 Å². The highest BCUT2D eigenvalue weighted by molar-refractivity contribution is 5.40. The van der Waals surface area contributed by atoms with Crippen LogP contribution in [0.15, 0.2) is 54.4 Å². The Bertz CT molecular complexity index is 391. The summed E-state index contributed by atoms with van der Waals surface area (Å²) in [5.41, 5.74) is 12.2. The van der Waals surface area contributed by atoms with Gasteiger partial charge >= 0.3 is 0 Å². The lowest BCUT2D eigenvalue weighted by Gasteiger charge is -1.87. The highest BCUT2D eigenvalue weighted by Gasteiger charge is 1.81. The zero-order chi connectivity index (χ0) is 10.2.